The summed E-state index contributed by atoms with van der Waals surface area (Å²) in [4.78, 5) is 0. The largest absolute Gasteiger partial charge is 0.493 e. The van der Waals surface area contributed by atoms with Crippen LogP contribution in [0.3, 0.4) is 0 Å². The van der Waals surface area contributed by atoms with E-state index in [2.05, 4.69) is 12.1 Å². The van der Waals surface area contributed by atoms with Crippen LogP contribution in [0.1, 0.15) is 35.4 Å². The van der Waals surface area contributed by atoms with Crippen molar-refractivity contribution in [3.05, 3.63) is 65.0 Å². The van der Waals surface area contributed by atoms with Crippen LogP contribution in [0.2, 0.25) is 0 Å². The van der Waals surface area contributed by atoms with Gasteiger partial charge in [0.1, 0.15) is 11.6 Å². The molecule has 2 aromatic rings. The topological polar surface area (TPSA) is 33.0 Å². The highest BCUT2D eigenvalue weighted by molar-refractivity contribution is 5.35. The highest BCUT2D eigenvalue weighted by atomic mass is 19.1. The fourth-order valence-electron chi connectivity index (χ4n) is 2.33. The van der Waals surface area contributed by atoms with Gasteiger partial charge in [-0.15, -0.1) is 0 Å². The molecule has 114 valence electrons. The van der Waals surface area contributed by atoms with E-state index in [-0.39, 0.29) is 11.7 Å². The fourth-order valence-corrected chi connectivity index (χ4v) is 2.33. The highest BCUT2D eigenvalue weighted by Gasteiger charge is 2.10. The van der Waals surface area contributed by atoms with Gasteiger partial charge in [0.05, 0.1) is 18.6 Å². The Bertz CT molecular complexity index is 658. The van der Waals surface area contributed by atoms with Crippen molar-refractivity contribution in [3.8, 4) is 11.8 Å². The molecule has 0 N–H and O–H groups in total. The second-order valence-corrected chi connectivity index (χ2v) is 5.49. The minimum absolute atomic E-state index is 0.220. The molecule has 0 radical (unpaired) electrons. The van der Waals surface area contributed by atoms with E-state index < -0.39 is 0 Å². The number of rotatable bonds is 6. The third kappa shape index (κ3) is 4.33. The molecule has 0 aliphatic carbocycles. The number of hydrogen-bond donors (Lipinski definition) is 0. The van der Waals surface area contributed by atoms with E-state index >= 15 is 0 Å². The Kier molecular flexibility index (Phi) is 5.55. The van der Waals surface area contributed by atoms with Gasteiger partial charge >= 0.3 is 0 Å². The SMILES string of the molecule is Cc1ccc(C)c(OCCCC(C#N)c2ccc(F)cc2)c1. The number of halogens is 1. The monoisotopic (exact) mass is 297 g/mol. The Labute approximate surface area is 131 Å². The summed E-state index contributed by atoms with van der Waals surface area (Å²) in [6.07, 6.45) is 1.48. The lowest BCUT2D eigenvalue weighted by Crippen LogP contribution is -2.03. The molecule has 3 heteroatoms. The van der Waals surface area contributed by atoms with Crippen molar-refractivity contribution in [1.82, 2.24) is 0 Å². The molecule has 0 amide bonds. The van der Waals surface area contributed by atoms with Crippen LogP contribution in [-0.2, 0) is 0 Å². The lowest BCUT2D eigenvalue weighted by molar-refractivity contribution is 0.303. The van der Waals surface area contributed by atoms with Crippen LogP contribution in [0.25, 0.3) is 0 Å². The molecule has 1 unspecified atom stereocenters. The summed E-state index contributed by atoms with van der Waals surface area (Å²) < 4.78 is 18.7. The summed E-state index contributed by atoms with van der Waals surface area (Å²) >= 11 is 0. The van der Waals surface area contributed by atoms with Crippen molar-refractivity contribution < 1.29 is 9.13 Å². The van der Waals surface area contributed by atoms with Gasteiger partial charge in [-0.25, -0.2) is 4.39 Å². The van der Waals surface area contributed by atoms with E-state index in [0.717, 1.165) is 23.3 Å². The van der Waals surface area contributed by atoms with Crippen molar-refractivity contribution >= 4 is 0 Å². The molecule has 0 aromatic heterocycles. The molecule has 0 fully saturated rings. The molecule has 2 aromatic carbocycles. The maximum Gasteiger partial charge on any atom is 0.123 e. The third-order valence-electron chi connectivity index (χ3n) is 3.67. The first-order valence-electron chi connectivity index (χ1n) is 7.45. The van der Waals surface area contributed by atoms with Gasteiger partial charge in [0.15, 0.2) is 0 Å². The van der Waals surface area contributed by atoms with Gasteiger partial charge in [0.2, 0.25) is 0 Å². The lowest BCUT2D eigenvalue weighted by Gasteiger charge is -2.12. The van der Waals surface area contributed by atoms with Crippen LogP contribution in [0.15, 0.2) is 42.5 Å². The van der Waals surface area contributed by atoms with Crippen molar-refractivity contribution in [1.29, 1.82) is 5.26 Å². The second kappa shape index (κ2) is 7.61. The van der Waals surface area contributed by atoms with E-state index in [1.807, 2.05) is 26.0 Å². The first-order chi connectivity index (χ1) is 10.6. The first kappa shape index (κ1) is 16.0. The van der Waals surface area contributed by atoms with Crippen LogP contribution < -0.4 is 4.74 Å². The average Bonchev–Trinajstić information content (AvgIpc) is 2.52. The zero-order valence-electron chi connectivity index (χ0n) is 13.0. The maximum absolute atomic E-state index is 12.9. The summed E-state index contributed by atoms with van der Waals surface area (Å²) in [5.74, 6) is 0.400. The van der Waals surface area contributed by atoms with Crippen molar-refractivity contribution in [2.45, 2.75) is 32.6 Å². The quantitative estimate of drug-likeness (QED) is 0.710. The third-order valence-corrected chi connectivity index (χ3v) is 3.67. The summed E-state index contributed by atoms with van der Waals surface area (Å²) in [7, 11) is 0. The van der Waals surface area contributed by atoms with Gasteiger partial charge in [-0.1, -0.05) is 24.3 Å². The second-order valence-electron chi connectivity index (χ2n) is 5.49. The zero-order chi connectivity index (χ0) is 15.9. The number of nitrogens with zero attached hydrogens (tertiary/aromatic N) is 1. The molecule has 0 bridgehead atoms. The van der Waals surface area contributed by atoms with Crippen molar-refractivity contribution in [2.24, 2.45) is 0 Å². The predicted molar refractivity (Wildman–Crippen MR) is 85.4 cm³/mol. The molecule has 0 aliphatic rings. The molecule has 0 saturated heterocycles. The van der Waals surface area contributed by atoms with Crippen LogP contribution in [0.4, 0.5) is 4.39 Å². The zero-order valence-corrected chi connectivity index (χ0v) is 13.0. The van der Waals surface area contributed by atoms with Crippen LogP contribution >= 0.6 is 0 Å². The van der Waals surface area contributed by atoms with Gasteiger partial charge in [-0.2, -0.15) is 5.26 Å². The molecule has 22 heavy (non-hydrogen) atoms. The minimum atomic E-state index is -0.279. The Morgan fingerprint density at radius 3 is 2.55 bits per heavy atom. The maximum atomic E-state index is 12.9. The summed E-state index contributed by atoms with van der Waals surface area (Å²) in [5.41, 5.74) is 3.14. The number of hydrogen-bond acceptors (Lipinski definition) is 2. The normalized spacial score (nSPS) is 11.7. The molecule has 2 nitrogen and oxygen atoms in total. The molecular weight excluding hydrogens is 277 g/mol. The van der Waals surface area contributed by atoms with E-state index in [4.69, 9.17) is 4.74 Å². The van der Waals surface area contributed by atoms with E-state index in [1.54, 1.807) is 12.1 Å². The Hall–Kier alpha value is -2.34. The molecule has 0 spiro atoms. The number of nitriles is 1. The Morgan fingerprint density at radius 2 is 1.86 bits per heavy atom. The smallest absolute Gasteiger partial charge is 0.123 e. The lowest BCUT2D eigenvalue weighted by atomic mass is 9.96. The molecule has 1 atom stereocenters. The van der Waals surface area contributed by atoms with E-state index in [1.165, 1.54) is 17.7 Å². The summed E-state index contributed by atoms with van der Waals surface area (Å²) in [5, 5.41) is 9.26. The average molecular weight is 297 g/mol. The molecule has 0 aliphatic heterocycles. The standard InChI is InChI=1S/C19H20FNO/c1-14-5-6-15(2)19(12-14)22-11-3-4-17(13-21)16-7-9-18(20)10-8-16/h5-10,12,17H,3-4,11H2,1-2H3. The fraction of sp³-hybridized carbons (Fsp3) is 0.316. The number of aryl methyl sites for hydroxylation is 2. The van der Waals surface area contributed by atoms with Crippen LogP contribution in [0, 0.1) is 31.0 Å². The van der Waals surface area contributed by atoms with Crippen LogP contribution in [-0.4, -0.2) is 6.61 Å². The van der Waals surface area contributed by atoms with Gasteiger partial charge < -0.3 is 4.74 Å². The minimum Gasteiger partial charge on any atom is -0.493 e. The molecule has 0 saturated carbocycles. The number of benzene rings is 2. The molecule has 2 rings (SSSR count). The Morgan fingerprint density at radius 1 is 1.14 bits per heavy atom. The first-order valence-corrected chi connectivity index (χ1v) is 7.45. The molecular formula is C19H20FNO. The van der Waals surface area contributed by atoms with Gasteiger partial charge in [-0.3, -0.25) is 0 Å². The van der Waals surface area contributed by atoms with E-state index in [0.29, 0.717) is 13.0 Å². The van der Waals surface area contributed by atoms with Gasteiger partial charge in [-0.05, 0) is 61.6 Å². The summed E-state index contributed by atoms with van der Waals surface area (Å²) in [6, 6.07) is 14.5. The van der Waals surface area contributed by atoms with Gasteiger partial charge in [0, 0.05) is 0 Å². The Balaban J connectivity index is 1.86. The molecule has 0 heterocycles. The van der Waals surface area contributed by atoms with Crippen LogP contribution in [0.5, 0.6) is 5.75 Å². The summed E-state index contributed by atoms with van der Waals surface area (Å²) in [6.45, 7) is 4.63. The van der Waals surface area contributed by atoms with Gasteiger partial charge in [0.25, 0.3) is 0 Å². The van der Waals surface area contributed by atoms with E-state index in [9.17, 15) is 9.65 Å². The predicted octanol–water partition coefficient (Wildman–Crippen LogP) is 4.91. The van der Waals surface area contributed by atoms with Crippen molar-refractivity contribution in [3.63, 3.8) is 0 Å². The highest BCUT2D eigenvalue weighted by Crippen LogP contribution is 2.22. The number of ether oxygens (including phenoxy) is 1. The van der Waals surface area contributed by atoms with Crippen molar-refractivity contribution in [2.75, 3.05) is 6.61 Å².